The van der Waals surface area contributed by atoms with Crippen LogP contribution in [0.15, 0.2) is 0 Å². The van der Waals surface area contributed by atoms with Gasteiger partial charge in [-0.05, 0) is 26.2 Å². The summed E-state index contributed by atoms with van der Waals surface area (Å²) in [4.78, 5) is 12.9. The third kappa shape index (κ3) is 22.7. The van der Waals surface area contributed by atoms with Crippen LogP contribution in [0.25, 0.3) is 0 Å². The Kier molecular flexibility index (Phi) is 27.1. The molecule has 0 saturated heterocycles. The Labute approximate surface area is 228 Å². The Bertz CT molecular complexity index is 446. The molecule has 1 unspecified atom stereocenters. The highest BCUT2D eigenvalue weighted by atomic mass is 16.5. The lowest BCUT2D eigenvalue weighted by Gasteiger charge is -2.27. The fourth-order valence-corrected chi connectivity index (χ4v) is 5.36. The smallest absolute Gasteiger partial charge is 0.311 e. The van der Waals surface area contributed by atoms with Crippen LogP contribution in [-0.2, 0) is 9.53 Å². The van der Waals surface area contributed by atoms with Gasteiger partial charge < -0.3 is 4.74 Å². The zero-order chi connectivity index (χ0) is 26.6. The molecule has 0 bridgehead atoms. The number of rotatable bonds is 29. The summed E-state index contributed by atoms with van der Waals surface area (Å²) in [6.07, 6.45) is 35.3. The topological polar surface area (TPSA) is 26.3 Å². The molecule has 2 heteroatoms. The molecule has 0 rings (SSSR count). The molecule has 216 valence electrons. The lowest BCUT2D eigenvalue weighted by Crippen LogP contribution is -2.30. The fraction of sp³-hybridized carbons (Fsp3) is 0.971. The lowest BCUT2D eigenvalue weighted by atomic mass is 9.80. The standard InChI is InChI=1S/C34H68O2/c1-5-8-11-13-15-17-18-19-20-21-23-25-27-29-32-36-33(35)34(4,30-10-7-3)31-28-26-24-22-16-14-12-9-6-2/h5-32H2,1-4H3. The van der Waals surface area contributed by atoms with Crippen molar-refractivity contribution in [2.45, 2.75) is 201 Å². The van der Waals surface area contributed by atoms with Crippen molar-refractivity contribution in [3.05, 3.63) is 0 Å². The summed E-state index contributed by atoms with van der Waals surface area (Å²) in [6.45, 7) is 9.58. The van der Waals surface area contributed by atoms with Crippen LogP contribution in [0.4, 0.5) is 0 Å². The van der Waals surface area contributed by atoms with Crippen LogP contribution in [0.3, 0.4) is 0 Å². The predicted octanol–water partition coefficient (Wildman–Crippen LogP) is 12.1. The van der Waals surface area contributed by atoms with Gasteiger partial charge in [-0.2, -0.15) is 0 Å². The summed E-state index contributed by atoms with van der Waals surface area (Å²) < 4.78 is 5.81. The van der Waals surface area contributed by atoms with Gasteiger partial charge in [-0.25, -0.2) is 0 Å². The average molecular weight is 509 g/mol. The van der Waals surface area contributed by atoms with E-state index >= 15 is 0 Å². The molecule has 0 saturated carbocycles. The summed E-state index contributed by atoms with van der Waals surface area (Å²) in [6, 6.07) is 0. The quantitative estimate of drug-likeness (QED) is 0.0741. The molecule has 0 aromatic heterocycles. The Hall–Kier alpha value is -0.530. The summed E-state index contributed by atoms with van der Waals surface area (Å²) in [7, 11) is 0. The Balaban J connectivity index is 3.78. The highest BCUT2D eigenvalue weighted by Gasteiger charge is 2.33. The molecule has 0 aromatic carbocycles. The third-order valence-electron chi connectivity index (χ3n) is 8.14. The number of ether oxygens (including phenoxy) is 1. The molecule has 0 N–H and O–H groups in total. The molecule has 0 aliphatic heterocycles. The minimum Gasteiger partial charge on any atom is -0.465 e. The summed E-state index contributed by atoms with van der Waals surface area (Å²) >= 11 is 0. The molecule has 0 fully saturated rings. The molecule has 1 atom stereocenters. The van der Waals surface area contributed by atoms with Crippen molar-refractivity contribution in [2.24, 2.45) is 5.41 Å². The molecule has 0 heterocycles. The number of hydrogen-bond acceptors (Lipinski definition) is 2. The van der Waals surface area contributed by atoms with Crippen molar-refractivity contribution in [1.29, 1.82) is 0 Å². The van der Waals surface area contributed by atoms with E-state index in [0.717, 1.165) is 32.1 Å². The van der Waals surface area contributed by atoms with Gasteiger partial charge in [-0.1, -0.05) is 175 Å². The SMILES string of the molecule is CCCCCCCCCCCCCCCCOC(=O)C(C)(CCCC)CCCCCCCCCCC. The summed E-state index contributed by atoms with van der Waals surface area (Å²) in [5, 5.41) is 0. The first-order valence-electron chi connectivity index (χ1n) is 16.8. The van der Waals surface area contributed by atoms with Crippen molar-refractivity contribution in [2.75, 3.05) is 6.61 Å². The zero-order valence-corrected chi connectivity index (χ0v) is 25.6. The molecule has 0 amide bonds. The van der Waals surface area contributed by atoms with E-state index in [0.29, 0.717) is 6.61 Å². The maximum absolute atomic E-state index is 12.9. The molecule has 0 radical (unpaired) electrons. The second-order valence-corrected chi connectivity index (χ2v) is 12.0. The first-order chi connectivity index (χ1) is 17.6. The van der Waals surface area contributed by atoms with Gasteiger partial charge in [-0.3, -0.25) is 4.79 Å². The van der Waals surface area contributed by atoms with Gasteiger partial charge in [0.25, 0.3) is 0 Å². The second-order valence-electron chi connectivity index (χ2n) is 12.0. The summed E-state index contributed by atoms with van der Waals surface area (Å²) in [5.74, 6) is 0.0743. The van der Waals surface area contributed by atoms with Gasteiger partial charge in [0.1, 0.15) is 0 Å². The Morgan fingerprint density at radius 2 is 0.750 bits per heavy atom. The number of carbonyl (C=O) groups is 1. The number of unbranched alkanes of at least 4 members (excludes halogenated alkanes) is 22. The minimum absolute atomic E-state index is 0.0743. The Morgan fingerprint density at radius 1 is 0.444 bits per heavy atom. The highest BCUT2D eigenvalue weighted by Crippen LogP contribution is 2.33. The van der Waals surface area contributed by atoms with Crippen molar-refractivity contribution >= 4 is 5.97 Å². The van der Waals surface area contributed by atoms with Crippen molar-refractivity contribution in [1.82, 2.24) is 0 Å². The monoisotopic (exact) mass is 509 g/mol. The van der Waals surface area contributed by atoms with Crippen molar-refractivity contribution in [3.8, 4) is 0 Å². The van der Waals surface area contributed by atoms with Crippen LogP contribution >= 0.6 is 0 Å². The van der Waals surface area contributed by atoms with Crippen LogP contribution in [0.2, 0.25) is 0 Å². The van der Waals surface area contributed by atoms with E-state index in [9.17, 15) is 4.79 Å². The van der Waals surface area contributed by atoms with Crippen LogP contribution in [0.5, 0.6) is 0 Å². The van der Waals surface area contributed by atoms with Gasteiger partial charge in [0.05, 0.1) is 12.0 Å². The molecule has 0 aromatic rings. The molecule has 36 heavy (non-hydrogen) atoms. The zero-order valence-electron chi connectivity index (χ0n) is 25.6. The van der Waals surface area contributed by atoms with E-state index in [1.165, 1.54) is 141 Å². The highest BCUT2D eigenvalue weighted by molar-refractivity contribution is 5.76. The van der Waals surface area contributed by atoms with Gasteiger partial charge in [0, 0.05) is 0 Å². The average Bonchev–Trinajstić information content (AvgIpc) is 2.88. The number of hydrogen-bond donors (Lipinski definition) is 0. The summed E-state index contributed by atoms with van der Waals surface area (Å²) in [5.41, 5.74) is -0.271. The largest absolute Gasteiger partial charge is 0.465 e. The first-order valence-corrected chi connectivity index (χ1v) is 16.8. The number of carbonyl (C=O) groups excluding carboxylic acids is 1. The van der Waals surface area contributed by atoms with E-state index in [2.05, 4.69) is 27.7 Å². The molecule has 0 aliphatic carbocycles. The maximum Gasteiger partial charge on any atom is 0.311 e. The first kappa shape index (κ1) is 35.5. The van der Waals surface area contributed by atoms with Gasteiger partial charge in [0.15, 0.2) is 0 Å². The van der Waals surface area contributed by atoms with E-state index in [1.54, 1.807) is 0 Å². The van der Waals surface area contributed by atoms with Crippen LogP contribution in [0, 0.1) is 5.41 Å². The maximum atomic E-state index is 12.9. The normalized spacial score (nSPS) is 13.1. The van der Waals surface area contributed by atoms with Crippen molar-refractivity contribution in [3.63, 3.8) is 0 Å². The minimum atomic E-state index is -0.271. The fourth-order valence-electron chi connectivity index (χ4n) is 5.36. The van der Waals surface area contributed by atoms with Crippen molar-refractivity contribution < 1.29 is 9.53 Å². The molecule has 0 spiro atoms. The molecular weight excluding hydrogens is 440 g/mol. The van der Waals surface area contributed by atoms with Gasteiger partial charge >= 0.3 is 5.97 Å². The second kappa shape index (κ2) is 27.5. The van der Waals surface area contributed by atoms with Crippen LogP contribution in [0.1, 0.15) is 201 Å². The lowest BCUT2D eigenvalue weighted by molar-refractivity contribution is -0.156. The number of esters is 1. The third-order valence-corrected chi connectivity index (χ3v) is 8.14. The van der Waals surface area contributed by atoms with Crippen LogP contribution < -0.4 is 0 Å². The van der Waals surface area contributed by atoms with Crippen LogP contribution in [-0.4, -0.2) is 12.6 Å². The molecule has 2 nitrogen and oxygen atoms in total. The van der Waals surface area contributed by atoms with E-state index in [4.69, 9.17) is 4.74 Å². The molecule has 0 aliphatic rings. The Morgan fingerprint density at radius 3 is 1.14 bits per heavy atom. The van der Waals surface area contributed by atoms with E-state index < -0.39 is 0 Å². The van der Waals surface area contributed by atoms with Gasteiger partial charge in [-0.15, -0.1) is 0 Å². The van der Waals surface area contributed by atoms with E-state index in [-0.39, 0.29) is 11.4 Å². The predicted molar refractivity (Wildman–Crippen MR) is 161 cm³/mol. The van der Waals surface area contributed by atoms with E-state index in [1.807, 2.05) is 0 Å². The molecular formula is C34H68O2. The van der Waals surface area contributed by atoms with Gasteiger partial charge in [0.2, 0.25) is 0 Å².